The Hall–Kier alpha value is -2.70. The summed E-state index contributed by atoms with van der Waals surface area (Å²) < 4.78 is 16.0. The molecule has 2 aromatic carbocycles. The van der Waals surface area contributed by atoms with Gasteiger partial charge in [0.2, 0.25) is 5.91 Å². The largest absolute Gasteiger partial charge is 0.334 e. The minimum absolute atomic E-state index is 0.0473. The molecule has 0 bridgehead atoms. The Morgan fingerprint density at radius 2 is 1.93 bits per heavy atom. The van der Waals surface area contributed by atoms with Gasteiger partial charge in [0.15, 0.2) is 11.0 Å². The zero-order chi connectivity index (χ0) is 19.7. The van der Waals surface area contributed by atoms with Gasteiger partial charge in [-0.15, -0.1) is 5.10 Å². The Morgan fingerprint density at radius 3 is 2.68 bits per heavy atom. The third kappa shape index (κ3) is 3.66. The number of benzene rings is 2. The van der Waals surface area contributed by atoms with E-state index in [1.807, 2.05) is 18.2 Å². The summed E-state index contributed by atoms with van der Waals surface area (Å²) in [4.78, 5) is 14.4. The van der Waals surface area contributed by atoms with Crippen LogP contribution in [0.25, 0.3) is 11.8 Å². The Kier molecular flexibility index (Phi) is 5.15. The summed E-state index contributed by atoms with van der Waals surface area (Å²) in [6.45, 7) is 1.15. The number of carbonyl (C=O) groups excluding carboxylic acids is 1. The Labute approximate surface area is 171 Å². The van der Waals surface area contributed by atoms with E-state index in [-0.39, 0.29) is 21.6 Å². The molecule has 28 heavy (non-hydrogen) atoms. The third-order valence-electron chi connectivity index (χ3n) is 4.66. The highest BCUT2D eigenvalue weighted by Crippen LogP contribution is 2.26. The number of nitrogens with zero attached hydrogens (tertiary/aromatic N) is 4. The van der Waals surface area contributed by atoms with Crippen molar-refractivity contribution < 1.29 is 9.18 Å². The van der Waals surface area contributed by atoms with E-state index < -0.39 is 5.82 Å². The summed E-state index contributed by atoms with van der Waals surface area (Å²) in [7, 11) is 0. The van der Waals surface area contributed by atoms with Crippen molar-refractivity contribution in [1.82, 2.24) is 19.9 Å². The first kappa shape index (κ1) is 18.7. The van der Waals surface area contributed by atoms with Crippen LogP contribution in [0.1, 0.15) is 16.7 Å². The van der Waals surface area contributed by atoms with Gasteiger partial charge in [0.1, 0.15) is 0 Å². The summed E-state index contributed by atoms with van der Waals surface area (Å²) in [5.41, 5.74) is 2.90. The van der Waals surface area contributed by atoms with Gasteiger partial charge in [0, 0.05) is 24.7 Å². The number of hydrogen-bond acceptors (Lipinski definition) is 3. The molecule has 4 rings (SSSR count). The molecule has 0 unspecified atom stereocenters. The van der Waals surface area contributed by atoms with Crippen LogP contribution < -0.4 is 0 Å². The average molecular weight is 417 g/mol. The van der Waals surface area contributed by atoms with Crippen molar-refractivity contribution in [3.05, 3.63) is 81.4 Å². The Morgan fingerprint density at radius 1 is 1.14 bits per heavy atom. The molecular weight excluding hydrogens is 402 g/mol. The molecule has 8 heteroatoms. The molecule has 0 aliphatic carbocycles. The van der Waals surface area contributed by atoms with Crippen molar-refractivity contribution in [2.45, 2.75) is 13.0 Å². The smallest absolute Gasteiger partial charge is 0.246 e. The monoisotopic (exact) mass is 416 g/mol. The zero-order valence-corrected chi connectivity index (χ0v) is 16.2. The summed E-state index contributed by atoms with van der Waals surface area (Å²) in [5, 5.41) is 7.68. The van der Waals surface area contributed by atoms with Crippen LogP contribution in [0.3, 0.4) is 0 Å². The van der Waals surface area contributed by atoms with Crippen molar-refractivity contribution in [2.24, 2.45) is 0 Å². The first-order valence-electron chi connectivity index (χ1n) is 8.63. The maximum absolute atomic E-state index is 14.6. The molecule has 0 saturated heterocycles. The van der Waals surface area contributed by atoms with Crippen molar-refractivity contribution in [2.75, 3.05) is 6.54 Å². The number of rotatable bonds is 3. The van der Waals surface area contributed by atoms with E-state index >= 15 is 0 Å². The van der Waals surface area contributed by atoms with Crippen LogP contribution in [0.4, 0.5) is 4.39 Å². The van der Waals surface area contributed by atoms with Crippen molar-refractivity contribution >= 4 is 35.2 Å². The second-order valence-corrected chi connectivity index (χ2v) is 7.19. The first-order chi connectivity index (χ1) is 13.5. The molecular formula is C20H15Cl2FN4O. The molecule has 1 aliphatic heterocycles. The van der Waals surface area contributed by atoms with Gasteiger partial charge in [-0.05, 0) is 35.8 Å². The van der Waals surface area contributed by atoms with E-state index in [0.29, 0.717) is 18.8 Å². The fourth-order valence-corrected chi connectivity index (χ4v) is 3.51. The van der Waals surface area contributed by atoms with Gasteiger partial charge in [-0.3, -0.25) is 4.79 Å². The first-order valence-corrected chi connectivity index (χ1v) is 9.38. The second kappa shape index (κ2) is 7.73. The van der Waals surface area contributed by atoms with Crippen molar-refractivity contribution in [1.29, 1.82) is 0 Å². The van der Waals surface area contributed by atoms with Crippen LogP contribution in [-0.2, 0) is 17.8 Å². The van der Waals surface area contributed by atoms with Gasteiger partial charge >= 0.3 is 0 Å². The van der Waals surface area contributed by atoms with Crippen LogP contribution in [0, 0.1) is 5.82 Å². The third-order valence-corrected chi connectivity index (χ3v) is 5.12. The van der Waals surface area contributed by atoms with Gasteiger partial charge in [-0.1, -0.05) is 52.7 Å². The molecule has 1 aromatic heterocycles. The highest BCUT2D eigenvalue weighted by molar-refractivity contribution is 6.31. The number of amides is 1. The highest BCUT2D eigenvalue weighted by Gasteiger charge is 2.19. The molecule has 0 saturated carbocycles. The van der Waals surface area contributed by atoms with Crippen LogP contribution in [0.2, 0.25) is 10.2 Å². The highest BCUT2D eigenvalue weighted by atomic mass is 35.5. The molecule has 1 aliphatic rings. The van der Waals surface area contributed by atoms with E-state index in [4.69, 9.17) is 23.2 Å². The van der Waals surface area contributed by atoms with Crippen LogP contribution in [-0.4, -0.2) is 32.3 Å². The van der Waals surface area contributed by atoms with E-state index in [2.05, 4.69) is 16.4 Å². The molecule has 0 atom stereocenters. The fourth-order valence-electron chi connectivity index (χ4n) is 3.22. The normalized spacial score (nSPS) is 13.8. The number of halogens is 3. The van der Waals surface area contributed by atoms with Crippen molar-refractivity contribution in [3.63, 3.8) is 0 Å². The molecule has 5 nitrogen and oxygen atoms in total. The predicted octanol–water partition coefficient (Wildman–Crippen LogP) is 4.31. The van der Waals surface area contributed by atoms with Gasteiger partial charge in [-0.25, -0.2) is 9.07 Å². The summed E-state index contributed by atoms with van der Waals surface area (Å²) >= 11 is 11.7. The van der Waals surface area contributed by atoms with Crippen molar-refractivity contribution in [3.8, 4) is 5.69 Å². The van der Waals surface area contributed by atoms with Crippen LogP contribution >= 0.6 is 23.2 Å². The summed E-state index contributed by atoms with van der Waals surface area (Å²) in [6, 6.07) is 11.1. The molecule has 0 spiro atoms. The van der Waals surface area contributed by atoms with Gasteiger partial charge in [0.25, 0.3) is 0 Å². The molecule has 0 fully saturated rings. The minimum atomic E-state index is -0.640. The molecule has 2 heterocycles. The van der Waals surface area contributed by atoms with Gasteiger partial charge in [0.05, 0.1) is 16.9 Å². The van der Waals surface area contributed by atoms with E-state index in [9.17, 15) is 9.18 Å². The summed E-state index contributed by atoms with van der Waals surface area (Å²) in [6.07, 6.45) is 5.01. The SMILES string of the molecule is O=C(C=Cc1c(-n2cc(Cl)nn2)ccc(Cl)c1F)N1CCc2ccccc2C1. The lowest BCUT2D eigenvalue weighted by molar-refractivity contribution is -0.126. The topological polar surface area (TPSA) is 51.0 Å². The molecule has 1 amide bonds. The lowest BCUT2D eigenvalue weighted by Gasteiger charge is -2.27. The molecule has 142 valence electrons. The van der Waals surface area contributed by atoms with E-state index in [0.717, 1.165) is 12.0 Å². The molecule has 3 aromatic rings. The second-order valence-electron chi connectivity index (χ2n) is 6.39. The fraction of sp³-hybridized carbons (Fsp3) is 0.150. The maximum atomic E-state index is 14.6. The quantitative estimate of drug-likeness (QED) is 0.597. The summed E-state index contributed by atoms with van der Waals surface area (Å²) in [5.74, 6) is -0.838. The number of hydrogen-bond donors (Lipinski definition) is 0. The van der Waals surface area contributed by atoms with E-state index in [1.54, 1.807) is 11.0 Å². The zero-order valence-electron chi connectivity index (χ0n) is 14.6. The Balaban J connectivity index is 1.61. The Bertz CT molecular complexity index is 1080. The average Bonchev–Trinajstić information content (AvgIpc) is 3.14. The van der Waals surface area contributed by atoms with Crippen LogP contribution in [0.15, 0.2) is 48.7 Å². The number of aromatic nitrogens is 3. The predicted molar refractivity (Wildman–Crippen MR) is 106 cm³/mol. The number of carbonyl (C=O) groups is 1. The van der Waals surface area contributed by atoms with E-state index in [1.165, 1.54) is 34.7 Å². The lowest BCUT2D eigenvalue weighted by atomic mass is 10.00. The molecule has 0 radical (unpaired) electrons. The molecule has 0 N–H and O–H groups in total. The van der Waals surface area contributed by atoms with Gasteiger partial charge < -0.3 is 4.90 Å². The van der Waals surface area contributed by atoms with Gasteiger partial charge in [-0.2, -0.15) is 0 Å². The minimum Gasteiger partial charge on any atom is -0.334 e. The van der Waals surface area contributed by atoms with Crippen LogP contribution in [0.5, 0.6) is 0 Å². The lowest BCUT2D eigenvalue weighted by Crippen LogP contribution is -2.34. The maximum Gasteiger partial charge on any atom is 0.246 e. The standard InChI is InChI=1S/C20H15Cl2FN4O/c21-16-6-7-17(27-12-18(22)24-25-27)15(20(16)23)5-8-19(28)26-10-9-13-3-1-2-4-14(13)11-26/h1-8,12H,9-11H2. The number of fused-ring (bicyclic) bond motifs is 1.